The predicted molar refractivity (Wildman–Crippen MR) is 217 cm³/mol. The smallest absolute Gasteiger partial charge is 0.417 e. The summed E-state index contributed by atoms with van der Waals surface area (Å²) in [5.41, 5.74) is -0.230. The number of benzene rings is 4. The number of sulfonamides is 1. The average molecular weight is 851 g/mol. The quantitative estimate of drug-likeness (QED) is 0.116. The summed E-state index contributed by atoms with van der Waals surface area (Å²) in [5, 5.41) is 15.2. The van der Waals surface area contributed by atoms with Gasteiger partial charge in [0.2, 0.25) is 10.0 Å². The van der Waals surface area contributed by atoms with Crippen LogP contribution in [0, 0.1) is 0 Å². The number of nitrogens with one attached hydrogen (secondary N) is 1. The van der Waals surface area contributed by atoms with E-state index in [9.17, 15) is 4.79 Å². The number of halogens is 3. The maximum Gasteiger partial charge on any atom is 0.417 e. The Labute approximate surface area is 347 Å². The molecule has 60 heavy (non-hydrogen) atoms. The molecule has 0 aliphatic heterocycles. The van der Waals surface area contributed by atoms with Crippen molar-refractivity contribution in [1.29, 1.82) is 0 Å². The number of ether oxygens (including phenoxy) is 4. The van der Waals surface area contributed by atoms with Crippen molar-refractivity contribution in [2.24, 2.45) is 0 Å². The number of amides is 1. The van der Waals surface area contributed by atoms with Crippen molar-refractivity contribution in [1.82, 2.24) is 29.8 Å². The lowest BCUT2D eigenvalue weighted by atomic mass is 9.79. The van der Waals surface area contributed by atoms with Crippen LogP contribution < -0.4 is 19.5 Å². The number of tetrazole rings is 1. The molecule has 6 rings (SSSR count). The second kappa shape index (κ2) is 18.3. The van der Waals surface area contributed by atoms with Gasteiger partial charge in [0.1, 0.15) is 27.7 Å². The second-order valence-corrected chi connectivity index (χ2v) is 17.5. The highest BCUT2D eigenvalue weighted by molar-refractivity contribution is 7.89. The van der Waals surface area contributed by atoms with Crippen LogP contribution in [0.15, 0.2) is 89.8 Å². The zero-order valence-corrected chi connectivity index (χ0v) is 35.1. The highest BCUT2D eigenvalue weighted by Crippen LogP contribution is 2.47. The van der Waals surface area contributed by atoms with E-state index in [0.717, 1.165) is 10.4 Å². The second-order valence-electron chi connectivity index (χ2n) is 15.6. The van der Waals surface area contributed by atoms with Crippen molar-refractivity contribution in [2.45, 2.75) is 94.7 Å². The summed E-state index contributed by atoms with van der Waals surface area (Å²) in [6.45, 7) is 4.74. The molecule has 1 aliphatic carbocycles. The number of alkyl halides is 3. The van der Waals surface area contributed by atoms with Gasteiger partial charge in [-0.15, -0.1) is 5.10 Å². The van der Waals surface area contributed by atoms with Crippen LogP contribution in [0.1, 0.15) is 80.2 Å². The molecule has 17 heteroatoms. The fraction of sp³-hybridized carbons (Fsp3) is 0.395. The van der Waals surface area contributed by atoms with Gasteiger partial charge in [0.05, 0.1) is 33.4 Å². The molecule has 13 nitrogen and oxygen atoms in total. The molecule has 0 bridgehead atoms. The van der Waals surface area contributed by atoms with Gasteiger partial charge in [0.15, 0.2) is 5.82 Å². The Hall–Kier alpha value is -5.68. The zero-order valence-electron chi connectivity index (χ0n) is 34.3. The van der Waals surface area contributed by atoms with Crippen LogP contribution in [0.3, 0.4) is 0 Å². The molecule has 4 aromatic carbocycles. The Morgan fingerprint density at radius 1 is 0.767 bits per heavy atom. The van der Waals surface area contributed by atoms with Crippen molar-refractivity contribution in [2.75, 3.05) is 21.3 Å². The molecule has 1 amide bonds. The minimum atomic E-state index is -5.11. The Bertz CT molecular complexity index is 2290. The molecular weight excluding hydrogens is 802 g/mol. The maximum absolute atomic E-state index is 15.5. The van der Waals surface area contributed by atoms with Crippen LogP contribution in [0.5, 0.6) is 17.2 Å². The van der Waals surface area contributed by atoms with E-state index in [1.54, 1.807) is 93.6 Å². The number of nitrogens with zero attached hydrogens (tertiary/aromatic N) is 5. The molecular formula is C43H49F3N6O7S. The zero-order chi connectivity index (χ0) is 43.2. The normalized spacial score (nSPS) is 16.0. The summed E-state index contributed by atoms with van der Waals surface area (Å²) in [7, 11) is -0.534. The molecule has 0 atom stereocenters. The molecule has 0 spiro atoms. The lowest BCUT2D eigenvalue weighted by Crippen LogP contribution is -2.40. The molecule has 320 valence electrons. The first-order valence-electron chi connectivity index (χ1n) is 19.4. The largest absolute Gasteiger partial charge is 0.497 e. The van der Waals surface area contributed by atoms with Crippen molar-refractivity contribution in [3.05, 3.63) is 113 Å². The molecule has 1 saturated carbocycles. The van der Waals surface area contributed by atoms with E-state index >= 15 is 21.6 Å². The molecule has 1 heterocycles. The number of carbonyl (C=O) groups excluding carboxylic acids is 1. The molecule has 0 unspecified atom stereocenters. The lowest BCUT2D eigenvalue weighted by molar-refractivity contribution is -0.139. The first-order valence-corrected chi connectivity index (χ1v) is 20.8. The Kier molecular flexibility index (Phi) is 13.4. The van der Waals surface area contributed by atoms with E-state index in [1.807, 2.05) is 0 Å². The van der Waals surface area contributed by atoms with Crippen LogP contribution in [-0.4, -0.2) is 72.0 Å². The minimum absolute atomic E-state index is 0.00939. The number of hydrogen-bond donors (Lipinski definition) is 1. The molecule has 5 aromatic rings. The van der Waals surface area contributed by atoms with Gasteiger partial charge in [0.25, 0.3) is 0 Å². The summed E-state index contributed by atoms with van der Waals surface area (Å²) < 4.78 is 101. The van der Waals surface area contributed by atoms with Gasteiger partial charge in [-0.25, -0.2) is 17.9 Å². The van der Waals surface area contributed by atoms with Crippen molar-refractivity contribution < 1.29 is 45.3 Å². The van der Waals surface area contributed by atoms with Crippen molar-refractivity contribution in [3.8, 4) is 28.6 Å². The van der Waals surface area contributed by atoms with Gasteiger partial charge in [-0.2, -0.15) is 17.5 Å². The molecule has 1 N–H and O–H groups in total. The van der Waals surface area contributed by atoms with Crippen LogP contribution in [0.4, 0.5) is 18.0 Å². The van der Waals surface area contributed by atoms with E-state index in [-0.39, 0.29) is 37.1 Å². The predicted octanol–water partition coefficient (Wildman–Crippen LogP) is 8.38. The van der Waals surface area contributed by atoms with E-state index in [0.29, 0.717) is 65.2 Å². The van der Waals surface area contributed by atoms with Crippen LogP contribution >= 0.6 is 0 Å². The van der Waals surface area contributed by atoms with Gasteiger partial charge in [0, 0.05) is 24.7 Å². The summed E-state index contributed by atoms with van der Waals surface area (Å²) in [4.78, 5) is 11.7. The fourth-order valence-corrected chi connectivity index (χ4v) is 9.13. The highest BCUT2D eigenvalue weighted by Gasteiger charge is 2.44. The summed E-state index contributed by atoms with van der Waals surface area (Å²) in [6, 6.07) is 22.2. The topological polar surface area (TPSA) is 147 Å². The summed E-state index contributed by atoms with van der Waals surface area (Å²) in [6.07, 6.45) is -3.92. The van der Waals surface area contributed by atoms with E-state index in [2.05, 4.69) is 20.8 Å². The SMILES string of the molecule is COc1ccc(CN(Cc2ccc(OC)cc2)S(=O)(=O)c2c(C(F)(F)F)ccc(C3CCC(NC(=O)OC(C)(C)C)CC3)c2-c2nnnn2Cc2ccc(OC)cc2)cc1. The minimum Gasteiger partial charge on any atom is -0.497 e. The third-order valence-corrected chi connectivity index (χ3v) is 12.1. The van der Waals surface area contributed by atoms with E-state index in [1.165, 1.54) is 32.1 Å². The van der Waals surface area contributed by atoms with Crippen molar-refractivity contribution in [3.63, 3.8) is 0 Å². The number of rotatable bonds is 14. The van der Waals surface area contributed by atoms with Gasteiger partial charge in [-0.1, -0.05) is 42.5 Å². The average Bonchev–Trinajstić information content (AvgIpc) is 3.67. The highest BCUT2D eigenvalue weighted by atomic mass is 32.2. The number of hydrogen-bond acceptors (Lipinski definition) is 10. The third-order valence-electron chi connectivity index (χ3n) is 10.3. The van der Waals surface area contributed by atoms with Crippen molar-refractivity contribution >= 4 is 16.1 Å². The standard InChI is InChI=1S/C43H49F3N6O7S/c1-42(2,3)59-41(53)47-32-15-13-31(14-16-32)36-23-24-37(43(44,45)46)39(38(36)40-48-49-50-52(40)27-30-11-21-35(58-6)22-12-30)60(54,55)51(25-28-7-17-33(56-4)18-8-28)26-29-9-19-34(57-5)20-10-29/h7-12,17-24,31-32H,13-16,25-27H2,1-6H3,(H,47,53). The van der Waals surface area contributed by atoms with E-state index in [4.69, 9.17) is 18.9 Å². The van der Waals surface area contributed by atoms with Crippen LogP contribution in [0.25, 0.3) is 11.4 Å². The first kappa shape index (κ1) is 43.9. The molecule has 0 saturated heterocycles. The molecule has 1 fully saturated rings. The van der Waals surface area contributed by atoms with Gasteiger partial charge in [-0.05, 0) is 128 Å². The monoisotopic (exact) mass is 850 g/mol. The fourth-order valence-electron chi connectivity index (χ4n) is 7.30. The lowest BCUT2D eigenvalue weighted by Gasteiger charge is -2.32. The Morgan fingerprint density at radius 3 is 1.73 bits per heavy atom. The molecule has 1 aliphatic rings. The molecule has 1 aromatic heterocycles. The maximum atomic E-state index is 15.5. The van der Waals surface area contributed by atoms with E-state index < -0.39 is 44.3 Å². The summed E-state index contributed by atoms with van der Waals surface area (Å²) in [5.74, 6) is 1.08. The van der Waals surface area contributed by atoms with Gasteiger partial charge < -0.3 is 24.3 Å². The molecule has 0 radical (unpaired) electrons. The Balaban J connectivity index is 1.52. The van der Waals surface area contributed by atoms with Gasteiger partial charge >= 0.3 is 12.3 Å². The van der Waals surface area contributed by atoms with Gasteiger partial charge in [-0.3, -0.25) is 0 Å². The summed E-state index contributed by atoms with van der Waals surface area (Å²) >= 11 is 0. The van der Waals surface area contributed by atoms with Crippen LogP contribution in [0.2, 0.25) is 0 Å². The van der Waals surface area contributed by atoms with Crippen LogP contribution in [-0.2, 0) is 40.6 Å². The Morgan fingerprint density at radius 2 is 1.27 bits per heavy atom. The number of methoxy groups -OCH3 is 3. The first-order chi connectivity index (χ1) is 28.5. The number of carbonyl (C=O) groups is 1. The third kappa shape index (κ3) is 10.5. The number of aromatic nitrogens is 4. The number of alkyl carbamates (subject to hydrolysis) is 1.